The molecule has 0 saturated heterocycles. The van der Waals surface area contributed by atoms with Crippen LogP contribution in [0.5, 0.6) is 0 Å². The number of carbonyl (C=O) groups excluding carboxylic acids is 2. The summed E-state index contributed by atoms with van der Waals surface area (Å²) in [7, 11) is 0. The van der Waals surface area contributed by atoms with Crippen LogP contribution in [-0.2, 0) is 11.3 Å². The summed E-state index contributed by atoms with van der Waals surface area (Å²) >= 11 is 0. The van der Waals surface area contributed by atoms with Crippen LogP contribution in [-0.4, -0.2) is 37.1 Å². The third kappa shape index (κ3) is 5.15. The van der Waals surface area contributed by atoms with Crippen molar-refractivity contribution in [1.29, 1.82) is 0 Å². The van der Waals surface area contributed by atoms with E-state index in [1.165, 1.54) is 12.1 Å². The molecule has 0 aliphatic carbocycles. The van der Waals surface area contributed by atoms with Crippen molar-refractivity contribution in [1.82, 2.24) is 25.1 Å². The number of hydrogen-bond donors (Lipinski definition) is 3. The number of hydrogen-bond acceptors (Lipinski definition) is 4. The highest BCUT2D eigenvalue weighted by molar-refractivity contribution is 6.02. The molecule has 0 atom stereocenters. The summed E-state index contributed by atoms with van der Waals surface area (Å²) in [5, 5.41) is 9.82. The van der Waals surface area contributed by atoms with E-state index < -0.39 is 17.4 Å². The Labute approximate surface area is 189 Å². The minimum absolute atomic E-state index is 0.0810. The molecule has 0 radical (unpaired) electrons. The number of benzene rings is 2. The Morgan fingerprint density at radius 1 is 1.03 bits per heavy atom. The smallest absolute Gasteiger partial charge is 0.268 e. The van der Waals surface area contributed by atoms with Crippen molar-refractivity contribution in [2.45, 2.75) is 25.9 Å². The number of aromatic amines is 1. The van der Waals surface area contributed by atoms with Gasteiger partial charge in [-0.05, 0) is 55.8 Å². The van der Waals surface area contributed by atoms with E-state index in [9.17, 15) is 14.0 Å². The van der Waals surface area contributed by atoms with Gasteiger partial charge in [0.25, 0.3) is 11.8 Å². The lowest BCUT2D eigenvalue weighted by Crippen LogP contribution is -2.52. The highest BCUT2D eigenvalue weighted by Crippen LogP contribution is 2.21. The highest BCUT2D eigenvalue weighted by Gasteiger charge is 2.31. The molecule has 0 unspecified atom stereocenters. The maximum absolute atomic E-state index is 13.4. The lowest BCUT2D eigenvalue weighted by Gasteiger charge is -2.24. The van der Waals surface area contributed by atoms with Crippen LogP contribution >= 0.6 is 0 Å². The first-order valence-corrected chi connectivity index (χ1v) is 10.3. The summed E-state index contributed by atoms with van der Waals surface area (Å²) in [6.45, 7) is 3.58. The van der Waals surface area contributed by atoms with E-state index in [2.05, 4.69) is 25.7 Å². The molecule has 2 heterocycles. The number of nitrogens with zero attached hydrogens (tertiary/aromatic N) is 3. The van der Waals surface area contributed by atoms with E-state index in [0.717, 1.165) is 5.56 Å². The Morgan fingerprint density at radius 2 is 1.76 bits per heavy atom. The van der Waals surface area contributed by atoms with Gasteiger partial charge in [0, 0.05) is 11.8 Å². The van der Waals surface area contributed by atoms with Gasteiger partial charge >= 0.3 is 0 Å². The van der Waals surface area contributed by atoms with Crippen LogP contribution in [0.2, 0.25) is 0 Å². The van der Waals surface area contributed by atoms with Crippen LogP contribution in [0.25, 0.3) is 11.4 Å². The van der Waals surface area contributed by atoms with E-state index >= 15 is 0 Å². The second-order valence-electron chi connectivity index (χ2n) is 8.03. The van der Waals surface area contributed by atoms with Crippen molar-refractivity contribution in [2.75, 3.05) is 5.32 Å². The maximum Gasteiger partial charge on any atom is 0.268 e. The molecule has 9 heteroatoms. The molecule has 0 bridgehead atoms. The zero-order valence-corrected chi connectivity index (χ0v) is 18.2. The minimum Gasteiger partial charge on any atom is -0.357 e. The van der Waals surface area contributed by atoms with E-state index in [-0.39, 0.29) is 11.8 Å². The molecule has 3 N–H and O–H groups in total. The van der Waals surface area contributed by atoms with Gasteiger partial charge in [-0.3, -0.25) is 14.9 Å². The summed E-state index contributed by atoms with van der Waals surface area (Å²) < 4.78 is 15.1. The third-order valence-electron chi connectivity index (χ3n) is 5.01. The number of anilines is 1. The SMILES string of the molecule is CC(C)(NC(=O)c1ccc[nH]1)C(=O)Nc1nc(-c2ccc(F)cc2)n(Cc2ccccc2)n1. The molecule has 4 rings (SSSR count). The van der Waals surface area contributed by atoms with Gasteiger partial charge in [-0.25, -0.2) is 9.07 Å². The lowest BCUT2D eigenvalue weighted by molar-refractivity contribution is -0.121. The monoisotopic (exact) mass is 446 g/mol. The van der Waals surface area contributed by atoms with Gasteiger partial charge in [0.2, 0.25) is 5.95 Å². The average Bonchev–Trinajstić information content (AvgIpc) is 3.45. The summed E-state index contributed by atoms with van der Waals surface area (Å²) in [6.07, 6.45) is 1.63. The van der Waals surface area contributed by atoms with Gasteiger partial charge in [0.1, 0.15) is 17.1 Å². The molecule has 2 amide bonds. The molecule has 2 aromatic heterocycles. The molecule has 0 aliphatic heterocycles. The van der Waals surface area contributed by atoms with Crippen LogP contribution < -0.4 is 10.6 Å². The molecule has 2 aromatic carbocycles. The van der Waals surface area contributed by atoms with Gasteiger partial charge in [-0.1, -0.05) is 30.3 Å². The van der Waals surface area contributed by atoms with Gasteiger partial charge in [-0.2, -0.15) is 4.98 Å². The first-order valence-electron chi connectivity index (χ1n) is 10.3. The Balaban J connectivity index is 1.58. The van der Waals surface area contributed by atoms with Gasteiger partial charge in [0.15, 0.2) is 5.82 Å². The molecular formula is C24H23FN6O2. The third-order valence-corrected chi connectivity index (χ3v) is 5.01. The normalized spacial score (nSPS) is 11.2. The zero-order chi connectivity index (χ0) is 23.4. The molecule has 8 nitrogen and oxygen atoms in total. The Kier molecular flexibility index (Phi) is 6.03. The average molecular weight is 446 g/mol. The second-order valence-corrected chi connectivity index (χ2v) is 8.03. The number of amides is 2. The molecule has 0 fully saturated rings. The quantitative estimate of drug-likeness (QED) is 0.403. The van der Waals surface area contributed by atoms with Crippen molar-refractivity contribution in [2.24, 2.45) is 0 Å². The van der Waals surface area contributed by atoms with Crippen LogP contribution in [0.1, 0.15) is 29.9 Å². The second kappa shape index (κ2) is 9.07. The predicted molar refractivity (Wildman–Crippen MR) is 122 cm³/mol. The van der Waals surface area contributed by atoms with E-state index in [1.54, 1.807) is 49.0 Å². The molecular weight excluding hydrogens is 423 g/mol. The fourth-order valence-corrected chi connectivity index (χ4v) is 3.21. The summed E-state index contributed by atoms with van der Waals surface area (Å²) in [5.41, 5.74) is 0.755. The lowest BCUT2D eigenvalue weighted by atomic mass is 10.0. The molecule has 168 valence electrons. The van der Waals surface area contributed by atoms with E-state index in [4.69, 9.17) is 0 Å². The minimum atomic E-state index is -1.23. The molecule has 0 aliphatic rings. The van der Waals surface area contributed by atoms with Crippen molar-refractivity contribution < 1.29 is 14.0 Å². The summed E-state index contributed by atoms with van der Waals surface area (Å²) in [5.74, 6) is -0.694. The molecule has 0 saturated carbocycles. The number of carbonyl (C=O) groups is 2. The van der Waals surface area contributed by atoms with Crippen molar-refractivity contribution in [3.05, 3.63) is 90.0 Å². The van der Waals surface area contributed by atoms with Crippen LogP contribution in [0.3, 0.4) is 0 Å². The summed E-state index contributed by atoms with van der Waals surface area (Å²) in [4.78, 5) is 32.6. The van der Waals surface area contributed by atoms with Crippen LogP contribution in [0.4, 0.5) is 10.3 Å². The topological polar surface area (TPSA) is 105 Å². The molecule has 4 aromatic rings. The predicted octanol–water partition coefficient (Wildman–Crippen LogP) is 3.61. The van der Waals surface area contributed by atoms with Crippen molar-refractivity contribution in [3.8, 4) is 11.4 Å². The number of aromatic nitrogens is 4. The van der Waals surface area contributed by atoms with Gasteiger partial charge in [0.05, 0.1) is 6.54 Å². The van der Waals surface area contributed by atoms with Crippen LogP contribution in [0.15, 0.2) is 72.9 Å². The Hall–Kier alpha value is -4.27. The number of nitrogens with one attached hydrogen (secondary N) is 3. The summed E-state index contributed by atoms with van der Waals surface area (Å²) in [6, 6.07) is 18.9. The Bertz CT molecular complexity index is 1250. The fourth-order valence-electron chi connectivity index (χ4n) is 3.21. The Morgan fingerprint density at radius 3 is 2.42 bits per heavy atom. The van der Waals surface area contributed by atoms with E-state index in [0.29, 0.717) is 23.6 Å². The number of H-pyrrole nitrogens is 1. The van der Waals surface area contributed by atoms with E-state index in [1.807, 2.05) is 30.3 Å². The fraction of sp³-hybridized carbons (Fsp3) is 0.167. The number of halogens is 1. The largest absolute Gasteiger partial charge is 0.357 e. The van der Waals surface area contributed by atoms with Gasteiger partial charge < -0.3 is 10.3 Å². The number of rotatable bonds is 7. The van der Waals surface area contributed by atoms with Gasteiger partial charge in [-0.15, -0.1) is 5.10 Å². The highest BCUT2D eigenvalue weighted by atomic mass is 19.1. The standard InChI is InChI=1S/C24H23FN6O2/c1-24(2,29-21(32)19-9-6-14-26-19)22(33)28-23-27-20(17-10-12-18(25)13-11-17)31(30-23)15-16-7-4-3-5-8-16/h3-14,26H,15H2,1-2H3,(H,29,32)(H,28,30,33). The molecule has 33 heavy (non-hydrogen) atoms. The first-order chi connectivity index (χ1) is 15.8. The molecule has 0 spiro atoms. The van der Waals surface area contributed by atoms with Crippen molar-refractivity contribution in [3.63, 3.8) is 0 Å². The van der Waals surface area contributed by atoms with Crippen LogP contribution in [0, 0.1) is 5.82 Å². The first kappa shape index (κ1) is 21.9. The van der Waals surface area contributed by atoms with Crippen molar-refractivity contribution >= 4 is 17.8 Å². The maximum atomic E-state index is 13.4. The zero-order valence-electron chi connectivity index (χ0n) is 18.2.